The van der Waals surface area contributed by atoms with E-state index in [-0.39, 0.29) is 5.96 Å². The Morgan fingerprint density at radius 3 is 1.64 bits per heavy atom. The average molecular weight is 185 g/mol. The number of nitrogens with two attached hydrogens (primary N) is 2. The van der Waals surface area contributed by atoms with Gasteiger partial charge in [-0.25, -0.2) is 4.57 Å². The van der Waals surface area contributed by atoms with E-state index in [9.17, 15) is 4.57 Å². The van der Waals surface area contributed by atoms with Gasteiger partial charge in [0.25, 0.3) is 0 Å². The molecule has 0 heterocycles. The highest BCUT2D eigenvalue weighted by Gasteiger charge is 2.13. The third-order valence-corrected chi connectivity index (χ3v) is 1.38. The molecule has 0 bridgehead atoms. The van der Waals surface area contributed by atoms with Gasteiger partial charge >= 0.3 is 7.82 Å². The Bertz CT molecular complexity index is 149. The fourth-order valence-corrected chi connectivity index (χ4v) is 0.224. The number of nitrogens with one attached hydrogen (secondary N) is 1. The first-order valence-corrected chi connectivity index (χ1v) is 3.89. The lowest BCUT2D eigenvalue weighted by Gasteiger charge is -2.01. The van der Waals surface area contributed by atoms with E-state index in [2.05, 4.69) is 20.5 Å². The van der Waals surface area contributed by atoms with Crippen LogP contribution in [0.15, 0.2) is 0 Å². The molecule has 0 aliphatic heterocycles. The van der Waals surface area contributed by atoms with Crippen molar-refractivity contribution in [1.82, 2.24) is 0 Å². The molecule has 0 spiro atoms. The third kappa shape index (κ3) is 17.7. The van der Waals surface area contributed by atoms with Gasteiger partial charge in [0.1, 0.15) is 0 Å². The number of guanidine groups is 1. The highest BCUT2D eigenvalue weighted by molar-refractivity contribution is 7.47. The summed E-state index contributed by atoms with van der Waals surface area (Å²) >= 11 is 0. The largest absolute Gasteiger partial charge is 0.471 e. The Kier molecular flexibility index (Phi) is 7.23. The molecule has 8 heteroatoms. The first-order valence-electron chi connectivity index (χ1n) is 2.39. The zero-order chi connectivity index (χ0) is 9.49. The molecule has 0 radical (unpaired) electrons. The second-order valence-electron chi connectivity index (χ2n) is 1.29. The molecule has 68 valence electrons. The Hall–Kier alpha value is -0.620. The molecular weight excluding hydrogens is 173 g/mol. The van der Waals surface area contributed by atoms with Crippen LogP contribution in [-0.4, -0.2) is 25.1 Å². The van der Waals surface area contributed by atoms with Crippen LogP contribution in [0.2, 0.25) is 0 Å². The van der Waals surface area contributed by atoms with Crippen molar-refractivity contribution in [3.63, 3.8) is 0 Å². The zero-order valence-electron chi connectivity index (χ0n) is 6.27. The fraction of sp³-hybridized carbons (Fsp3) is 0.667. The van der Waals surface area contributed by atoms with Crippen molar-refractivity contribution >= 4 is 13.8 Å². The van der Waals surface area contributed by atoms with Crippen molar-refractivity contribution in [3.8, 4) is 0 Å². The van der Waals surface area contributed by atoms with E-state index in [1.807, 2.05) is 0 Å². The zero-order valence-corrected chi connectivity index (χ0v) is 7.17. The summed E-state index contributed by atoms with van der Waals surface area (Å²) in [6.45, 7) is 0. The Labute approximate surface area is 64.4 Å². The molecule has 6 N–H and O–H groups in total. The second-order valence-corrected chi connectivity index (χ2v) is 2.96. The predicted octanol–water partition coefficient (Wildman–Crippen LogP) is -0.782. The average Bonchev–Trinajstić information content (AvgIpc) is 1.87. The van der Waals surface area contributed by atoms with Crippen LogP contribution >= 0.6 is 7.82 Å². The van der Waals surface area contributed by atoms with Gasteiger partial charge in [-0.3, -0.25) is 14.5 Å². The van der Waals surface area contributed by atoms with E-state index >= 15 is 0 Å². The van der Waals surface area contributed by atoms with Crippen molar-refractivity contribution in [2.24, 2.45) is 11.5 Å². The number of phosphoric ester groups is 1. The van der Waals surface area contributed by atoms with Crippen molar-refractivity contribution in [1.29, 1.82) is 5.41 Å². The summed E-state index contributed by atoms with van der Waals surface area (Å²) < 4.78 is 18.0. The van der Waals surface area contributed by atoms with Crippen molar-refractivity contribution in [2.75, 3.05) is 14.2 Å². The molecule has 11 heavy (non-hydrogen) atoms. The lowest BCUT2D eigenvalue weighted by molar-refractivity contribution is 0.204. The monoisotopic (exact) mass is 185 g/mol. The number of phosphoric acid groups is 1. The normalized spacial score (nSPS) is 9.73. The van der Waals surface area contributed by atoms with Crippen LogP contribution in [0, 0.1) is 5.41 Å². The van der Waals surface area contributed by atoms with Crippen molar-refractivity contribution < 1.29 is 18.5 Å². The summed E-state index contributed by atoms with van der Waals surface area (Å²) in [6, 6.07) is 0. The Morgan fingerprint density at radius 2 is 1.64 bits per heavy atom. The van der Waals surface area contributed by atoms with E-state index in [0.29, 0.717) is 0 Å². The van der Waals surface area contributed by atoms with Gasteiger partial charge in [-0.2, -0.15) is 0 Å². The van der Waals surface area contributed by atoms with Gasteiger partial charge in [-0.05, 0) is 0 Å². The maximum atomic E-state index is 10.1. The Balaban J connectivity index is 0. The maximum Gasteiger partial charge on any atom is 0.471 e. The van der Waals surface area contributed by atoms with Crippen molar-refractivity contribution in [2.45, 2.75) is 0 Å². The van der Waals surface area contributed by atoms with Gasteiger partial charge < -0.3 is 16.4 Å². The molecule has 0 aromatic rings. The summed E-state index contributed by atoms with van der Waals surface area (Å²) in [5, 5.41) is 6.06. The molecule has 0 rings (SSSR count). The lowest BCUT2D eigenvalue weighted by atomic mass is 11.1. The maximum absolute atomic E-state index is 10.1. The highest BCUT2D eigenvalue weighted by Crippen LogP contribution is 2.40. The fourth-order valence-electron chi connectivity index (χ4n) is 0.0745. The minimum Gasteiger partial charge on any atom is -0.370 e. The van der Waals surface area contributed by atoms with Crippen LogP contribution in [-0.2, 0) is 13.6 Å². The summed E-state index contributed by atoms with van der Waals surface area (Å²) in [4.78, 5) is 8.24. The molecule has 0 atom stereocenters. The molecule has 7 nitrogen and oxygen atoms in total. The van der Waals surface area contributed by atoms with E-state index in [0.717, 1.165) is 14.2 Å². The summed E-state index contributed by atoms with van der Waals surface area (Å²) in [5.41, 5.74) is 8.94. The smallest absolute Gasteiger partial charge is 0.370 e. The molecule has 0 saturated heterocycles. The van der Waals surface area contributed by atoms with E-state index < -0.39 is 7.82 Å². The third-order valence-electron chi connectivity index (χ3n) is 0.461. The van der Waals surface area contributed by atoms with Crippen LogP contribution in [0.1, 0.15) is 0 Å². The van der Waals surface area contributed by atoms with E-state index in [1.165, 1.54) is 0 Å². The van der Waals surface area contributed by atoms with Gasteiger partial charge in [0.2, 0.25) is 0 Å². The molecule has 0 aromatic heterocycles. The molecule has 0 aliphatic rings. The van der Waals surface area contributed by atoms with Gasteiger partial charge in [-0.15, -0.1) is 0 Å². The van der Waals surface area contributed by atoms with Crippen LogP contribution < -0.4 is 11.5 Å². The van der Waals surface area contributed by atoms with Crippen LogP contribution in [0.5, 0.6) is 0 Å². The van der Waals surface area contributed by atoms with Crippen molar-refractivity contribution in [3.05, 3.63) is 0 Å². The standard InChI is InChI=1S/C2H7O4P.CH5N3/c1-5-7(3,4)6-2;2-1(3)4/h1-2H3,(H,3,4);(H5,2,3,4). The first kappa shape index (κ1) is 13.0. The van der Waals surface area contributed by atoms with Crippen LogP contribution in [0.4, 0.5) is 0 Å². The van der Waals surface area contributed by atoms with Crippen LogP contribution in [0.3, 0.4) is 0 Å². The minimum atomic E-state index is -3.65. The number of hydrogen-bond donors (Lipinski definition) is 4. The number of rotatable bonds is 2. The molecule has 0 aromatic carbocycles. The lowest BCUT2D eigenvalue weighted by Crippen LogP contribution is -2.20. The van der Waals surface area contributed by atoms with E-state index in [4.69, 9.17) is 10.3 Å². The topological polar surface area (TPSA) is 132 Å². The molecule has 0 fully saturated rings. The SMILES string of the molecule is COP(=O)(O)OC.N=C(N)N. The summed E-state index contributed by atoms with van der Waals surface area (Å²) in [6.07, 6.45) is 0. The van der Waals surface area contributed by atoms with Gasteiger partial charge in [0, 0.05) is 14.2 Å². The predicted molar refractivity (Wildman–Crippen MR) is 39.9 cm³/mol. The summed E-state index contributed by atoms with van der Waals surface area (Å²) in [7, 11) is -1.45. The summed E-state index contributed by atoms with van der Waals surface area (Å²) in [5.74, 6) is -0.333. The molecule has 0 unspecified atom stereocenters. The number of hydrogen-bond acceptors (Lipinski definition) is 4. The van der Waals surface area contributed by atoms with Gasteiger partial charge in [-0.1, -0.05) is 0 Å². The highest BCUT2D eigenvalue weighted by atomic mass is 31.2. The quantitative estimate of drug-likeness (QED) is 0.253. The first-order chi connectivity index (χ1) is 4.85. The van der Waals surface area contributed by atoms with E-state index in [1.54, 1.807) is 0 Å². The van der Waals surface area contributed by atoms with Gasteiger partial charge in [0.05, 0.1) is 0 Å². The molecule has 0 amide bonds. The van der Waals surface area contributed by atoms with Gasteiger partial charge in [0.15, 0.2) is 5.96 Å². The molecule has 0 saturated carbocycles. The Morgan fingerprint density at radius 1 is 1.45 bits per heavy atom. The second kappa shape index (κ2) is 6.11. The minimum absolute atomic E-state index is 0.333. The van der Waals surface area contributed by atoms with Crippen LogP contribution in [0.25, 0.3) is 0 Å². The molecule has 0 aliphatic carbocycles. The molecular formula is C3H12N3O4P.